The Morgan fingerprint density at radius 3 is 2.61 bits per heavy atom. The van der Waals surface area contributed by atoms with Gasteiger partial charge in [-0.05, 0) is 30.5 Å². The standard InChI is InChI=1S/C13H16ClN3O/c1-2-3-4-10-5-7-11(8-6-10)15-13-17-16-12(9-14)18-13/h5-8H,2-4,9H2,1H3,(H,15,17). The van der Waals surface area contributed by atoms with Gasteiger partial charge in [0.1, 0.15) is 5.88 Å². The molecule has 96 valence electrons. The molecule has 0 radical (unpaired) electrons. The predicted octanol–water partition coefficient (Wildman–Crippen LogP) is 3.89. The zero-order valence-corrected chi connectivity index (χ0v) is 11.1. The van der Waals surface area contributed by atoms with E-state index in [2.05, 4.69) is 34.6 Å². The Kier molecular flexibility index (Phi) is 4.59. The van der Waals surface area contributed by atoms with E-state index in [9.17, 15) is 0 Å². The van der Waals surface area contributed by atoms with Crippen molar-refractivity contribution in [2.75, 3.05) is 5.32 Å². The molecule has 0 spiro atoms. The maximum atomic E-state index is 5.59. The normalized spacial score (nSPS) is 10.6. The summed E-state index contributed by atoms with van der Waals surface area (Å²) in [4.78, 5) is 0. The van der Waals surface area contributed by atoms with Gasteiger partial charge in [-0.2, -0.15) is 0 Å². The Bertz CT molecular complexity index is 481. The Hall–Kier alpha value is -1.55. The summed E-state index contributed by atoms with van der Waals surface area (Å²) in [5.41, 5.74) is 2.27. The van der Waals surface area contributed by atoms with Crippen LogP contribution in [0.25, 0.3) is 0 Å². The highest BCUT2D eigenvalue weighted by Crippen LogP contribution is 2.17. The molecule has 4 nitrogen and oxygen atoms in total. The third kappa shape index (κ3) is 3.47. The minimum Gasteiger partial charge on any atom is -0.407 e. The Labute approximate surface area is 111 Å². The lowest BCUT2D eigenvalue weighted by Crippen LogP contribution is -1.91. The van der Waals surface area contributed by atoms with E-state index in [1.165, 1.54) is 18.4 Å². The average Bonchev–Trinajstić information content (AvgIpc) is 2.86. The number of aromatic nitrogens is 2. The number of hydrogen-bond donors (Lipinski definition) is 1. The summed E-state index contributed by atoms with van der Waals surface area (Å²) in [6, 6.07) is 8.60. The van der Waals surface area contributed by atoms with Crippen molar-refractivity contribution in [2.45, 2.75) is 32.1 Å². The SMILES string of the molecule is CCCCc1ccc(Nc2nnc(CCl)o2)cc1. The fourth-order valence-electron chi connectivity index (χ4n) is 1.62. The van der Waals surface area contributed by atoms with Gasteiger partial charge in [0.25, 0.3) is 0 Å². The van der Waals surface area contributed by atoms with E-state index in [1.54, 1.807) is 0 Å². The first-order chi connectivity index (χ1) is 8.81. The van der Waals surface area contributed by atoms with Crippen LogP contribution in [0.3, 0.4) is 0 Å². The molecule has 0 aliphatic rings. The number of halogens is 1. The number of hydrogen-bond acceptors (Lipinski definition) is 4. The molecule has 0 aliphatic carbocycles. The molecule has 1 N–H and O–H groups in total. The maximum absolute atomic E-state index is 5.59. The number of anilines is 2. The van der Waals surface area contributed by atoms with Crippen molar-refractivity contribution in [2.24, 2.45) is 0 Å². The van der Waals surface area contributed by atoms with Crippen LogP contribution in [-0.2, 0) is 12.3 Å². The van der Waals surface area contributed by atoms with Gasteiger partial charge < -0.3 is 9.73 Å². The van der Waals surface area contributed by atoms with Crippen molar-refractivity contribution < 1.29 is 4.42 Å². The van der Waals surface area contributed by atoms with Crippen LogP contribution < -0.4 is 5.32 Å². The Morgan fingerprint density at radius 1 is 1.22 bits per heavy atom. The Balaban J connectivity index is 1.97. The molecule has 1 aromatic heterocycles. The van der Waals surface area contributed by atoms with Crippen molar-refractivity contribution >= 4 is 23.3 Å². The van der Waals surface area contributed by atoms with Crippen molar-refractivity contribution in [3.8, 4) is 0 Å². The highest BCUT2D eigenvalue weighted by molar-refractivity contribution is 6.16. The van der Waals surface area contributed by atoms with Crippen molar-refractivity contribution in [1.29, 1.82) is 0 Å². The van der Waals surface area contributed by atoms with Gasteiger partial charge in [-0.3, -0.25) is 0 Å². The van der Waals surface area contributed by atoms with Gasteiger partial charge in [0, 0.05) is 5.69 Å². The first-order valence-corrected chi connectivity index (χ1v) is 6.59. The second-order valence-corrected chi connectivity index (χ2v) is 4.33. The summed E-state index contributed by atoms with van der Waals surface area (Å²) in [5, 5.41) is 10.7. The molecular weight excluding hydrogens is 250 g/mol. The van der Waals surface area contributed by atoms with E-state index in [4.69, 9.17) is 16.0 Å². The van der Waals surface area contributed by atoms with Gasteiger partial charge >= 0.3 is 6.01 Å². The minimum absolute atomic E-state index is 0.227. The molecule has 0 atom stereocenters. The summed E-state index contributed by atoms with van der Waals surface area (Å²) in [6.07, 6.45) is 3.55. The monoisotopic (exact) mass is 265 g/mol. The van der Waals surface area contributed by atoms with Gasteiger partial charge in [0.15, 0.2) is 0 Å². The summed E-state index contributed by atoms with van der Waals surface area (Å²) in [5.74, 6) is 0.642. The third-order valence-electron chi connectivity index (χ3n) is 2.61. The van der Waals surface area contributed by atoms with Gasteiger partial charge in [-0.25, -0.2) is 0 Å². The average molecular weight is 266 g/mol. The van der Waals surface area contributed by atoms with Gasteiger partial charge in [0.05, 0.1) is 0 Å². The second kappa shape index (κ2) is 6.40. The molecule has 1 aromatic carbocycles. The number of unbranched alkanes of at least 4 members (excludes halogenated alkanes) is 1. The summed E-state index contributed by atoms with van der Waals surface area (Å²) in [6.45, 7) is 2.19. The number of aryl methyl sites for hydroxylation is 1. The number of nitrogens with zero attached hydrogens (tertiary/aromatic N) is 2. The molecule has 5 heteroatoms. The summed E-state index contributed by atoms with van der Waals surface area (Å²) in [7, 11) is 0. The Morgan fingerprint density at radius 2 is 2.00 bits per heavy atom. The topological polar surface area (TPSA) is 51.0 Å². The quantitative estimate of drug-likeness (QED) is 0.805. The van der Waals surface area contributed by atoms with Gasteiger partial charge in [-0.15, -0.1) is 16.7 Å². The number of nitrogens with one attached hydrogen (secondary N) is 1. The largest absolute Gasteiger partial charge is 0.407 e. The number of rotatable bonds is 6. The lowest BCUT2D eigenvalue weighted by molar-refractivity contribution is 0.530. The fraction of sp³-hybridized carbons (Fsp3) is 0.385. The van der Waals surface area contributed by atoms with Crippen LogP contribution in [0.5, 0.6) is 0 Å². The molecule has 18 heavy (non-hydrogen) atoms. The lowest BCUT2D eigenvalue weighted by atomic mass is 10.1. The van der Waals surface area contributed by atoms with Gasteiger partial charge in [-0.1, -0.05) is 30.6 Å². The highest BCUT2D eigenvalue weighted by atomic mass is 35.5. The smallest absolute Gasteiger partial charge is 0.320 e. The number of alkyl halides is 1. The van der Waals surface area contributed by atoms with Crippen LogP contribution in [0.15, 0.2) is 28.7 Å². The van der Waals surface area contributed by atoms with Crippen molar-refractivity contribution in [1.82, 2.24) is 10.2 Å². The van der Waals surface area contributed by atoms with E-state index in [-0.39, 0.29) is 5.88 Å². The summed E-state index contributed by atoms with van der Waals surface area (Å²) < 4.78 is 5.27. The van der Waals surface area contributed by atoms with Crippen molar-refractivity contribution in [3.63, 3.8) is 0 Å². The van der Waals surface area contributed by atoms with Crippen molar-refractivity contribution in [3.05, 3.63) is 35.7 Å². The number of benzene rings is 1. The van der Waals surface area contributed by atoms with Crippen LogP contribution in [0.4, 0.5) is 11.7 Å². The van der Waals surface area contributed by atoms with Crippen LogP contribution in [-0.4, -0.2) is 10.2 Å². The zero-order valence-electron chi connectivity index (χ0n) is 10.3. The first-order valence-electron chi connectivity index (χ1n) is 6.06. The fourth-order valence-corrected chi connectivity index (χ4v) is 1.73. The summed E-state index contributed by atoms with van der Waals surface area (Å²) >= 11 is 5.59. The molecule has 2 aromatic rings. The molecule has 2 rings (SSSR count). The molecule has 0 aliphatic heterocycles. The van der Waals surface area contributed by atoms with E-state index < -0.39 is 0 Å². The lowest BCUT2D eigenvalue weighted by Gasteiger charge is -2.03. The molecule has 0 bridgehead atoms. The molecule has 0 amide bonds. The molecule has 0 fully saturated rings. The van der Waals surface area contributed by atoms with E-state index >= 15 is 0 Å². The van der Waals surface area contributed by atoms with Crippen LogP contribution >= 0.6 is 11.6 Å². The molecule has 1 heterocycles. The molecule has 0 saturated heterocycles. The molecule has 0 unspecified atom stereocenters. The zero-order chi connectivity index (χ0) is 12.8. The first kappa shape index (κ1) is 12.9. The van der Waals surface area contributed by atoms with Crippen LogP contribution in [0.2, 0.25) is 0 Å². The molecular formula is C13H16ClN3O. The second-order valence-electron chi connectivity index (χ2n) is 4.06. The minimum atomic E-state index is 0.227. The van der Waals surface area contributed by atoms with Gasteiger partial charge in [0.2, 0.25) is 5.89 Å². The third-order valence-corrected chi connectivity index (χ3v) is 2.83. The van der Waals surface area contributed by atoms with Crippen LogP contribution in [0.1, 0.15) is 31.2 Å². The van der Waals surface area contributed by atoms with E-state index in [0.29, 0.717) is 11.9 Å². The maximum Gasteiger partial charge on any atom is 0.320 e. The predicted molar refractivity (Wildman–Crippen MR) is 72.2 cm³/mol. The highest BCUT2D eigenvalue weighted by Gasteiger charge is 2.04. The van der Waals surface area contributed by atoms with Crippen LogP contribution in [0, 0.1) is 0 Å². The van der Waals surface area contributed by atoms with E-state index in [0.717, 1.165) is 12.1 Å². The van der Waals surface area contributed by atoms with E-state index in [1.807, 2.05) is 12.1 Å². The molecule has 0 saturated carbocycles.